The van der Waals surface area contributed by atoms with Gasteiger partial charge in [-0.25, -0.2) is 4.98 Å². The number of benzene rings is 1. The van der Waals surface area contributed by atoms with Crippen LogP contribution in [-0.2, 0) is 0 Å². The molecule has 4 atom stereocenters. The van der Waals surface area contributed by atoms with Crippen LogP contribution in [0.3, 0.4) is 0 Å². The standard InChI is InChI=1S/C31H34N8O2/c1-19-35-31(37-41-19)25-10-9-23(17-34-25)38-14-12-28-26(18-38)36-24-7-2-3-8-27(24)39(28)29-16-21(11-13-33-29)20-5-4-6-22(15-20)30(32)40/h4-6,9-11,13,15-17,24,26-28,36H,2-3,7-8,12,14,18H2,1H3,(H2,32,40). The maximum Gasteiger partial charge on any atom is 0.248 e. The zero-order valence-corrected chi connectivity index (χ0v) is 23.1. The molecule has 3 aromatic heterocycles. The fourth-order valence-electron chi connectivity index (χ4n) is 6.87. The average Bonchev–Trinajstić information content (AvgIpc) is 3.46. The van der Waals surface area contributed by atoms with Crippen molar-refractivity contribution in [2.45, 2.75) is 63.2 Å². The van der Waals surface area contributed by atoms with Crippen LogP contribution in [0.2, 0.25) is 0 Å². The van der Waals surface area contributed by atoms with Crippen molar-refractivity contribution in [2.24, 2.45) is 5.73 Å². The lowest BCUT2D eigenvalue weighted by molar-refractivity contribution is 0.100. The molecule has 2 aliphatic heterocycles. The Kier molecular flexibility index (Phi) is 6.62. The van der Waals surface area contributed by atoms with E-state index < -0.39 is 5.91 Å². The van der Waals surface area contributed by atoms with E-state index in [1.165, 1.54) is 19.3 Å². The maximum atomic E-state index is 11.8. The molecule has 7 rings (SSSR count). The quantitative estimate of drug-likeness (QED) is 0.380. The number of piperidine rings is 1. The zero-order valence-electron chi connectivity index (χ0n) is 23.1. The third-order valence-corrected chi connectivity index (χ3v) is 8.81. The van der Waals surface area contributed by atoms with Gasteiger partial charge in [0.25, 0.3) is 0 Å². The summed E-state index contributed by atoms with van der Waals surface area (Å²) in [5.41, 5.74) is 9.89. The summed E-state index contributed by atoms with van der Waals surface area (Å²) < 4.78 is 5.11. The van der Waals surface area contributed by atoms with E-state index in [1.54, 1.807) is 13.0 Å². The number of nitrogens with two attached hydrogens (primary N) is 1. The van der Waals surface area contributed by atoms with Crippen molar-refractivity contribution < 1.29 is 9.32 Å². The molecule has 4 unspecified atom stereocenters. The number of piperazine rings is 1. The molecular formula is C31H34N8O2. The predicted molar refractivity (Wildman–Crippen MR) is 157 cm³/mol. The molecule has 5 heterocycles. The molecule has 1 aliphatic carbocycles. The summed E-state index contributed by atoms with van der Waals surface area (Å²) in [4.78, 5) is 30.7. The Bertz CT molecular complexity index is 1550. The Hall–Kier alpha value is -4.31. The molecule has 0 radical (unpaired) electrons. The number of rotatable bonds is 5. The van der Waals surface area contributed by atoms with Crippen molar-refractivity contribution in [3.63, 3.8) is 0 Å². The topological polar surface area (TPSA) is 126 Å². The molecule has 210 valence electrons. The number of primary amides is 1. The summed E-state index contributed by atoms with van der Waals surface area (Å²) in [6.45, 7) is 3.60. The molecule has 1 aromatic carbocycles. The number of carbonyl (C=O) groups excluding carboxylic acids is 1. The lowest BCUT2D eigenvalue weighted by Gasteiger charge is -2.56. The van der Waals surface area contributed by atoms with E-state index in [9.17, 15) is 4.79 Å². The van der Waals surface area contributed by atoms with Crippen LogP contribution in [0, 0.1) is 6.92 Å². The molecule has 10 nitrogen and oxygen atoms in total. The van der Waals surface area contributed by atoms with E-state index in [4.69, 9.17) is 15.2 Å². The van der Waals surface area contributed by atoms with Crippen LogP contribution in [0.25, 0.3) is 22.6 Å². The average molecular weight is 551 g/mol. The van der Waals surface area contributed by atoms with Crippen molar-refractivity contribution in [1.29, 1.82) is 0 Å². The minimum atomic E-state index is -0.419. The summed E-state index contributed by atoms with van der Waals surface area (Å²) in [7, 11) is 0. The van der Waals surface area contributed by atoms with Gasteiger partial charge in [0.2, 0.25) is 17.6 Å². The molecule has 2 saturated heterocycles. The van der Waals surface area contributed by atoms with Crippen LogP contribution in [0.4, 0.5) is 11.5 Å². The summed E-state index contributed by atoms with van der Waals surface area (Å²) >= 11 is 0. The Balaban J connectivity index is 1.16. The van der Waals surface area contributed by atoms with Gasteiger partial charge >= 0.3 is 0 Å². The number of hydrogen-bond donors (Lipinski definition) is 2. The van der Waals surface area contributed by atoms with Gasteiger partial charge in [-0.05, 0) is 66.8 Å². The normalized spacial score (nSPS) is 24.0. The summed E-state index contributed by atoms with van der Waals surface area (Å²) in [6.07, 6.45) is 9.63. The van der Waals surface area contributed by atoms with Gasteiger partial charge in [-0.2, -0.15) is 4.98 Å². The number of anilines is 2. The van der Waals surface area contributed by atoms with Gasteiger partial charge in [-0.3, -0.25) is 9.78 Å². The van der Waals surface area contributed by atoms with Gasteiger partial charge in [0, 0.05) is 55.9 Å². The molecule has 3 N–H and O–H groups in total. The van der Waals surface area contributed by atoms with Crippen LogP contribution in [0.5, 0.6) is 0 Å². The number of fused-ring (bicyclic) bond motifs is 2. The third-order valence-electron chi connectivity index (χ3n) is 8.81. The molecule has 4 aromatic rings. The Morgan fingerprint density at radius 2 is 1.85 bits per heavy atom. The van der Waals surface area contributed by atoms with Gasteiger partial charge in [0.15, 0.2) is 0 Å². The van der Waals surface area contributed by atoms with Crippen LogP contribution in [-0.4, -0.2) is 63.3 Å². The summed E-state index contributed by atoms with van der Waals surface area (Å²) in [5, 5.41) is 8.04. The molecule has 3 aliphatic rings. The van der Waals surface area contributed by atoms with E-state index in [0.717, 1.165) is 48.6 Å². The molecule has 1 amide bonds. The fourth-order valence-corrected chi connectivity index (χ4v) is 6.87. The van der Waals surface area contributed by atoms with E-state index >= 15 is 0 Å². The third kappa shape index (κ3) is 4.93. The minimum absolute atomic E-state index is 0.297. The van der Waals surface area contributed by atoms with Crippen LogP contribution >= 0.6 is 0 Å². The lowest BCUT2D eigenvalue weighted by Crippen LogP contribution is -2.72. The lowest BCUT2D eigenvalue weighted by atomic mass is 9.81. The highest BCUT2D eigenvalue weighted by Gasteiger charge is 2.46. The first-order chi connectivity index (χ1) is 20.0. The smallest absolute Gasteiger partial charge is 0.248 e. The summed E-state index contributed by atoms with van der Waals surface area (Å²) in [6, 6.07) is 17.3. The van der Waals surface area contributed by atoms with Crippen molar-refractivity contribution in [1.82, 2.24) is 25.4 Å². The first kappa shape index (κ1) is 25.6. The van der Waals surface area contributed by atoms with E-state index in [2.05, 4.69) is 42.4 Å². The number of hydrogen-bond acceptors (Lipinski definition) is 9. The predicted octanol–water partition coefficient (Wildman–Crippen LogP) is 3.97. The van der Waals surface area contributed by atoms with E-state index in [0.29, 0.717) is 47.1 Å². The summed E-state index contributed by atoms with van der Waals surface area (Å²) in [5.74, 6) is 1.63. The maximum absolute atomic E-state index is 11.8. The highest BCUT2D eigenvalue weighted by Crippen LogP contribution is 2.38. The number of carbonyl (C=O) groups is 1. The van der Waals surface area contributed by atoms with Crippen LogP contribution in [0.1, 0.15) is 48.4 Å². The van der Waals surface area contributed by atoms with Gasteiger partial charge in [-0.15, -0.1) is 0 Å². The van der Waals surface area contributed by atoms with Gasteiger partial charge in [0.1, 0.15) is 11.5 Å². The Morgan fingerprint density at radius 1 is 1.00 bits per heavy atom. The molecule has 41 heavy (non-hydrogen) atoms. The van der Waals surface area contributed by atoms with Gasteiger partial charge in [-0.1, -0.05) is 30.1 Å². The number of pyridine rings is 2. The molecule has 1 saturated carbocycles. The molecule has 10 heteroatoms. The van der Waals surface area contributed by atoms with Crippen molar-refractivity contribution in [3.05, 3.63) is 72.4 Å². The van der Waals surface area contributed by atoms with E-state index in [-0.39, 0.29) is 0 Å². The zero-order chi connectivity index (χ0) is 27.9. The van der Waals surface area contributed by atoms with Crippen LogP contribution < -0.4 is 20.9 Å². The van der Waals surface area contributed by atoms with Gasteiger partial charge in [0.05, 0.1) is 11.9 Å². The number of nitrogens with one attached hydrogen (secondary N) is 1. The highest BCUT2D eigenvalue weighted by atomic mass is 16.5. The SMILES string of the molecule is Cc1nc(-c2ccc(N3CCC4C(C3)NC3CCCCC3N4c3cc(-c4cccc(C(N)=O)c4)ccn3)cn2)no1. The monoisotopic (exact) mass is 550 g/mol. The van der Waals surface area contributed by atoms with Crippen molar-refractivity contribution >= 4 is 17.4 Å². The number of aromatic nitrogens is 4. The van der Waals surface area contributed by atoms with Gasteiger partial charge < -0.3 is 25.4 Å². The minimum Gasteiger partial charge on any atom is -0.369 e. The first-order valence-electron chi connectivity index (χ1n) is 14.5. The molecular weight excluding hydrogens is 516 g/mol. The second-order valence-electron chi connectivity index (χ2n) is 11.3. The van der Waals surface area contributed by atoms with Crippen molar-refractivity contribution in [2.75, 3.05) is 22.9 Å². The molecule has 3 fully saturated rings. The Labute approximate surface area is 239 Å². The fraction of sp³-hybridized carbons (Fsp3) is 0.387. The Morgan fingerprint density at radius 3 is 2.66 bits per heavy atom. The second-order valence-corrected chi connectivity index (χ2v) is 11.3. The molecule has 0 bridgehead atoms. The van der Waals surface area contributed by atoms with Crippen LogP contribution in [0.15, 0.2) is 65.4 Å². The van der Waals surface area contributed by atoms with Crippen molar-refractivity contribution in [3.8, 4) is 22.6 Å². The second kappa shape index (κ2) is 10.6. The largest absolute Gasteiger partial charge is 0.369 e. The number of aryl methyl sites for hydroxylation is 1. The number of amides is 1. The molecule has 0 spiro atoms. The first-order valence-corrected chi connectivity index (χ1v) is 14.5. The number of nitrogens with zero attached hydrogens (tertiary/aromatic N) is 6. The van der Waals surface area contributed by atoms with E-state index in [1.807, 2.05) is 42.7 Å². The highest BCUT2D eigenvalue weighted by molar-refractivity contribution is 5.94.